The van der Waals surface area contributed by atoms with Crippen LogP contribution in [0.4, 0.5) is 13.2 Å². The number of likely N-dealkylation sites (tertiary alicyclic amines) is 1. The molecule has 1 unspecified atom stereocenters. The number of nitrogens with zero attached hydrogens (tertiary/aromatic N) is 2. The number of hydrogen-bond donors (Lipinski definition) is 2. The average molecular weight is 583 g/mol. The Morgan fingerprint density at radius 1 is 1.13 bits per heavy atom. The number of benzene rings is 1. The number of halogens is 3. The maximum absolute atomic E-state index is 13.2. The fourth-order valence-electron chi connectivity index (χ4n) is 5.88. The van der Waals surface area contributed by atoms with Crippen molar-refractivity contribution < 1.29 is 26.4 Å². The molecule has 7 nitrogen and oxygen atoms in total. The molecule has 4 heterocycles. The molecule has 1 atom stereocenters. The number of hydrogen-bond acceptors (Lipinski definition) is 5. The smallest absolute Gasteiger partial charge is 0.366 e. The highest BCUT2D eigenvalue weighted by molar-refractivity contribution is 7.89. The zero-order valence-corrected chi connectivity index (χ0v) is 23.4. The van der Waals surface area contributed by atoms with Crippen LogP contribution in [0, 0.1) is 5.92 Å². The van der Waals surface area contributed by atoms with Crippen LogP contribution in [-0.2, 0) is 16.6 Å². The van der Waals surface area contributed by atoms with Crippen LogP contribution in [0.5, 0.6) is 0 Å². The molecular formula is C27H33F3N4O3S2. The van der Waals surface area contributed by atoms with Gasteiger partial charge in [-0.2, -0.15) is 13.2 Å². The highest BCUT2D eigenvalue weighted by Crippen LogP contribution is 2.39. The Morgan fingerprint density at radius 3 is 2.54 bits per heavy atom. The van der Waals surface area contributed by atoms with Crippen LogP contribution in [-0.4, -0.2) is 66.6 Å². The number of primary amides is 1. The van der Waals surface area contributed by atoms with E-state index in [1.54, 1.807) is 17.3 Å². The Balaban J connectivity index is 1.39. The number of sulfonamides is 1. The molecule has 12 heteroatoms. The molecule has 2 aromatic heterocycles. The lowest BCUT2D eigenvalue weighted by Gasteiger charge is -2.33. The molecule has 5 rings (SSSR count). The highest BCUT2D eigenvalue weighted by Gasteiger charge is 2.41. The molecule has 1 aromatic carbocycles. The van der Waals surface area contributed by atoms with Gasteiger partial charge in [-0.1, -0.05) is 0 Å². The summed E-state index contributed by atoms with van der Waals surface area (Å²) in [6, 6.07) is 5.76. The largest absolute Gasteiger partial charge is 0.393 e. The molecule has 0 saturated carbocycles. The maximum atomic E-state index is 13.2. The summed E-state index contributed by atoms with van der Waals surface area (Å²) in [6.07, 6.45) is -0.213. The molecular weight excluding hydrogens is 549 g/mol. The molecule has 212 valence electrons. The van der Waals surface area contributed by atoms with E-state index >= 15 is 0 Å². The first-order valence-corrected chi connectivity index (χ1v) is 15.7. The number of nitrogens with two attached hydrogens (primary N) is 1. The molecule has 2 fully saturated rings. The van der Waals surface area contributed by atoms with Crippen molar-refractivity contribution in [2.45, 2.75) is 51.2 Å². The summed E-state index contributed by atoms with van der Waals surface area (Å²) >= 11 is 1.50. The van der Waals surface area contributed by atoms with Gasteiger partial charge in [0.25, 0.3) is 5.91 Å². The monoisotopic (exact) mass is 582 g/mol. The van der Waals surface area contributed by atoms with Crippen molar-refractivity contribution in [2.24, 2.45) is 11.7 Å². The Kier molecular flexibility index (Phi) is 7.84. The standard InChI is InChI=1S/C27H33F3N4O3S2/c1-2-39(36,37)34-8-5-17(6-9-34)24-13-32-25-22(24)11-18(12-23(25)26(31)35)19-10-21(38-16-19)15-33-7-3-4-20(14-33)27(28,29)30/h10-13,16-17,20,32H,2-9,14-15H2,1H3,(H2,31,35). The minimum atomic E-state index is -4.17. The summed E-state index contributed by atoms with van der Waals surface area (Å²) < 4.78 is 65.8. The summed E-state index contributed by atoms with van der Waals surface area (Å²) in [5, 5.41) is 2.85. The fourth-order valence-corrected chi connectivity index (χ4v) is 7.95. The number of H-pyrrole nitrogens is 1. The topological polar surface area (TPSA) is 99.5 Å². The minimum absolute atomic E-state index is 0.0135. The summed E-state index contributed by atoms with van der Waals surface area (Å²) in [7, 11) is -3.23. The average Bonchev–Trinajstić information content (AvgIpc) is 3.55. The molecule has 0 radical (unpaired) electrons. The van der Waals surface area contributed by atoms with E-state index in [0.29, 0.717) is 56.5 Å². The van der Waals surface area contributed by atoms with Gasteiger partial charge in [-0.3, -0.25) is 9.69 Å². The number of thiophene rings is 1. The molecule has 2 saturated heterocycles. The molecule has 1 amide bonds. The minimum Gasteiger partial charge on any atom is -0.366 e. The number of amides is 1. The number of rotatable bonds is 7. The van der Waals surface area contributed by atoms with E-state index in [2.05, 4.69) is 4.98 Å². The van der Waals surface area contributed by atoms with Crippen LogP contribution in [0.1, 0.15) is 59.3 Å². The Labute approximate surface area is 230 Å². The van der Waals surface area contributed by atoms with Crippen molar-refractivity contribution in [1.29, 1.82) is 0 Å². The van der Waals surface area contributed by atoms with E-state index in [4.69, 9.17) is 5.73 Å². The highest BCUT2D eigenvalue weighted by atomic mass is 32.2. The number of carbonyl (C=O) groups is 1. The van der Waals surface area contributed by atoms with E-state index < -0.39 is 28.0 Å². The van der Waals surface area contributed by atoms with E-state index in [1.807, 2.05) is 28.6 Å². The van der Waals surface area contributed by atoms with Crippen LogP contribution >= 0.6 is 11.3 Å². The molecule has 0 aliphatic carbocycles. The maximum Gasteiger partial charge on any atom is 0.393 e. The zero-order valence-electron chi connectivity index (χ0n) is 21.8. The number of aromatic nitrogens is 1. The molecule has 39 heavy (non-hydrogen) atoms. The lowest BCUT2D eigenvalue weighted by atomic mass is 9.88. The van der Waals surface area contributed by atoms with Crippen molar-refractivity contribution in [1.82, 2.24) is 14.2 Å². The number of fused-ring (bicyclic) bond motifs is 1. The van der Waals surface area contributed by atoms with E-state index in [1.165, 1.54) is 11.3 Å². The Morgan fingerprint density at radius 2 is 1.87 bits per heavy atom. The van der Waals surface area contributed by atoms with Gasteiger partial charge in [0.05, 0.1) is 22.8 Å². The third kappa shape index (κ3) is 5.89. The summed E-state index contributed by atoms with van der Waals surface area (Å²) in [4.78, 5) is 18.4. The Hall–Kier alpha value is -2.41. The third-order valence-electron chi connectivity index (χ3n) is 8.07. The van der Waals surface area contributed by atoms with Gasteiger partial charge < -0.3 is 10.7 Å². The number of alkyl halides is 3. The summed E-state index contributed by atoms with van der Waals surface area (Å²) in [5.74, 6) is -1.62. The SMILES string of the molecule is CCS(=O)(=O)N1CCC(c2c[nH]c3c(C(N)=O)cc(-c4csc(CN5CCCC(C(F)(F)F)C5)c4)cc23)CC1. The third-order valence-corrected chi connectivity index (χ3v) is 10.9. The van der Waals surface area contributed by atoms with Crippen LogP contribution in [0.3, 0.4) is 0 Å². The first-order chi connectivity index (χ1) is 18.5. The van der Waals surface area contributed by atoms with E-state index in [0.717, 1.165) is 27.0 Å². The van der Waals surface area contributed by atoms with Crippen LogP contribution in [0.2, 0.25) is 0 Å². The second kappa shape index (κ2) is 10.9. The lowest BCUT2D eigenvalue weighted by molar-refractivity contribution is -0.187. The predicted molar refractivity (Wildman–Crippen MR) is 147 cm³/mol. The number of aromatic amines is 1. The molecule has 0 bridgehead atoms. The van der Waals surface area contributed by atoms with E-state index in [-0.39, 0.29) is 24.6 Å². The van der Waals surface area contributed by atoms with Gasteiger partial charge >= 0.3 is 6.18 Å². The molecule has 3 N–H and O–H groups in total. The molecule has 0 spiro atoms. The van der Waals surface area contributed by atoms with Gasteiger partial charge in [-0.05, 0) is 85.3 Å². The van der Waals surface area contributed by atoms with Gasteiger partial charge in [-0.15, -0.1) is 11.3 Å². The lowest BCUT2D eigenvalue weighted by Crippen LogP contribution is -2.41. The number of piperidine rings is 2. The van der Waals surface area contributed by atoms with Crippen LogP contribution in [0.25, 0.3) is 22.0 Å². The summed E-state index contributed by atoms with van der Waals surface area (Å²) in [6.45, 7) is 3.67. The van der Waals surface area contributed by atoms with Crippen molar-refractivity contribution in [3.8, 4) is 11.1 Å². The van der Waals surface area contributed by atoms with Crippen LogP contribution < -0.4 is 5.73 Å². The van der Waals surface area contributed by atoms with Crippen molar-refractivity contribution in [3.05, 3.63) is 45.8 Å². The van der Waals surface area contributed by atoms with Gasteiger partial charge in [-0.25, -0.2) is 12.7 Å². The first-order valence-electron chi connectivity index (χ1n) is 13.3. The second-order valence-corrected chi connectivity index (χ2v) is 13.8. The Bertz CT molecular complexity index is 1460. The van der Waals surface area contributed by atoms with Crippen molar-refractivity contribution >= 4 is 38.2 Å². The summed E-state index contributed by atoms with van der Waals surface area (Å²) in [5.41, 5.74) is 9.51. The fraction of sp³-hybridized carbons (Fsp3) is 0.519. The normalized spacial score (nSPS) is 20.6. The van der Waals surface area contributed by atoms with Crippen molar-refractivity contribution in [3.63, 3.8) is 0 Å². The van der Waals surface area contributed by atoms with Gasteiger partial charge in [0, 0.05) is 42.6 Å². The first kappa shape index (κ1) is 28.1. The number of nitrogens with one attached hydrogen (secondary N) is 1. The predicted octanol–water partition coefficient (Wildman–Crippen LogP) is 5.30. The van der Waals surface area contributed by atoms with Gasteiger partial charge in [0.1, 0.15) is 0 Å². The molecule has 2 aliphatic rings. The van der Waals surface area contributed by atoms with Crippen molar-refractivity contribution in [2.75, 3.05) is 31.9 Å². The number of carbonyl (C=O) groups excluding carboxylic acids is 1. The molecule has 2 aliphatic heterocycles. The second-order valence-electron chi connectivity index (χ2n) is 10.5. The van der Waals surface area contributed by atoms with Gasteiger partial charge in [0.15, 0.2) is 0 Å². The molecule has 3 aromatic rings. The zero-order chi connectivity index (χ0) is 27.9. The van der Waals surface area contributed by atoms with E-state index in [9.17, 15) is 26.4 Å². The quantitative estimate of drug-likeness (QED) is 0.395. The van der Waals surface area contributed by atoms with Gasteiger partial charge in [0.2, 0.25) is 10.0 Å². The van der Waals surface area contributed by atoms with Crippen LogP contribution in [0.15, 0.2) is 29.8 Å².